The molecule has 1 nitrogen and oxygen atoms in total. The van der Waals surface area contributed by atoms with Gasteiger partial charge in [0, 0.05) is 16.7 Å². The molecular weight excluding hydrogens is 292 g/mol. The number of rotatable bonds is 2. The summed E-state index contributed by atoms with van der Waals surface area (Å²) in [5, 5.41) is 0. The zero-order valence-electron chi connectivity index (χ0n) is 13.8. The molecule has 0 fully saturated rings. The zero-order chi connectivity index (χ0) is 16.7. The van der Waals surface area contributed by atoms with Crippen molar-refractivity contribution in [1.82, 2.24) is 0 Å². The highest BCUT2D eigenvalue weighted by molar-refractivity contribution is 6.41. The molecule has 0 saturated carbocycles. The molecule has 1 aliphatic carbocycles. The summed E-state index contributed by atoms with van der Waals surface area (Å²) < 4.78 is 0. The van der Waals surface area contributed by atoms with Crippen molar-refractivity contribution >= 4 is 16.9 Å². The highest BCUT2D eigenvalue weighted by atomic mass is 16.1. The number of carbonyl (C=O) groups is 1. The molecule has 0 saturated heterocycles. The van der Waals surface area contributed by atoms with E-state index in [9.17, 15) is 4.79 Å². The Balaban J connectivity index is 2.01. The first-order valence-corrected chi connectivity index (χ1v) is 8.17. The van der Waals surface area contributed by atoms with E-state index < -0.39 is 0 Å². The van der Waals surface area contributed by atoms with E-state index in [0.29, 0.717) is 0 Å². The van der Waals surface area contributed by atoms with Gasteiger partial charge in [0.05, 0.1) is 0 Å². The quantitative estimate of drug-likeness (QED) is 0.614. The SMILES string of the molecule is Cc1ccc(C2=C(c3ccc(C)cc3)c3ccccc3C2=O)cc1. The number of fused-ring (bicyclic) bond motifs is 1. The number of benzene rings is 3. The Morgan fingerprint density at radius 2 is 1.00 bits per heavy atom. The van der Waals surface area contributed by atoms with E-state index in [1.54, 1.807) is 0 Å². The van der Waals surface area contributed by atoms with E-state index in [4.69, 9.17) is 0 Å². The topological polar surface area (TPSA) is 17.1 Å². The number of Topliss-reactive ketones (excluding diaryl/α,β-unsaturated/α-hetero) is 1. The van der Waals surface area contributed by atoms with Gasteiger partial charge in [-0.2, -0.15) is 0 Å². The lowest BCUT2D eigenvalue weighted by Gasteiger charge is -2.09. The molecule has 4 rings (SSSR count). The van der Waals surface area contributed by atoms with Crippen molar-refractivity contribution in [2.45, 2.75) is 13.8 Å². The summed E-state index contributed by atoms with van der Waals surface area (Å²) in [6.45, 7) is 4.14. The van der Waals surface area contributed by atoms with Crippen LogP contribution in [0.1, 0.15) is 38.2 Å². The molecule has 0 atom stereocenters. The standard InChI is InChI=1S/C23H18O/c1-15-7-11-17(12-8-15)21-19-5-3-4-6-20(19)23(24)22(21)18-13-9-16(2)10-14-18/h3-14H,1-2H3. The molecule has 1 heteroatoms. The van der Waals surface area contributed by atoms with Crippen LogP contribution >= 0.6 is 0 Å². The minimum Gasteiger partial charge on any atom is -0.289 e. The van der Waals surface area contributed by atoms with Gasteiger partial charge >= 0.3 is 0 Å². The number of aryl methyl sites for hydroxylation is 2. The maximum atomic E-state index is 13.1. The molecule has 3 aromatic rings. The molecule has 0 aliphatic heterocycles. The number of hydrogen-bond donors (Lipinski definition) is 0. The van der Waals surface area contributed by atoms with E-state index >= 15 is 0 Å². The van der Waals surface area contributed by atoms with Crippen molar-refractivity contribution in [3.63, 3.8) is 0 Å². The molecule has 0 aromatic heterocycles. The molecule has 0 unspecified atom stereocenters. The van der Waals surface area contributed by atoms with E-state index in [1.165, 1.54) is 11.1 Å². The van der Waals surface area contributed by atoms with Gasteiger partial charge in [0.25, 0.3) is 0 Å². The lowest BCUT2D eigenvalue weighted by atomic mass is 9.93. The van der Waals surface area contributed by atoms with Crippen LogP contribution in [0.25, 0.3) is 11.1 Å². The smallest absolute Gasteiger partial charge is 0.194 e. The van der Waals surface area contributed by atoms with Gasteiger partial charge in [0.2, 0.25) is 0 Å². The van der Waals surface area contributed by atoms with Gasteiger partial charge in [-0.15, -0.1) is 0 Å². The third-order valence-electron chi connectivity index (χ3n) is 4.60. The maximum absolute atomic E-state index is 13.1. The maximum Gasteiger partial charge on any atom is 0.194 e. The van der Waals surface area contributed by atoms with Crippen LogP contribution in [0.5, 0.6) is 0 Å². The summed E-state index contributed by atoms with van der Waals surface area (Å²) in [6.07, 6.45) is 0. The van der Waals surface area contributed by atoms with Crippen molar-refractivity contribution in [3.8, 4) is 0 Å². The first-order chi connectivity index (χ1) is 11.6. The Bertz CT molecular complexity index is 958. The summed E-state index contributed by atoms with van der Waals surface area (Å²) in [5.74, 6) is 0.116. The third kappa shape index (κ3) is 2.30. The molecule has 24 heavy (non-hydrogen) atoms. The van der Waals surface area contributed by atoms with Crippen LogP contribution in [0, 0.1) is 13.8 Å². The monoisotopic (exact) mass is 310 g/mol. The van der Waals surface area contributed by atoms with Crippen LogP contribution in [0.3, 0.4) is 0 Å². The number of carbonyl (C=O) groups excluding carboxylic acids is 1. The van der Waals surface area contributed by atoms with Crippen LogP contribution < -0.4 is 0 Å². The second-order valence-electron chi connectivity index (χ2n) is 6.36. The Morgan fingerprint density at radius 1 is 0.542 bits per heavy atom. The fraction of sp³-hybridized carbons (Fsp3) is 0.0870. The third-order valence-corrected chi connectivity index (χ3v) is 4.60. The zero-order valence-corrected chi connectivity index (χ0v) is 13.8. The molecule has 0 N–H and O–H groups in total. The van der Waals surface area contributed by atoms with Crippen molar-refractivity contribution in [3.05, 3.63) is 106 Å². The van der Waals surface area contributed by atoms with Gasteiger partial charge in [0.1, 0.15) is 0 Å². The van der Waals surface area contributed by atoms with Crippen LogP contribution in [-0.2, 0) is 0 Å². The highest BCUT2D eigenvalue weighted by Crippen LogP contribution is 2.42. The van der Waals surface area contributed by atoms with Gasteiger partial charge in [-0.25, -0.2) is 0 Å². The molecule has 116 valence electrons. The molecular formula is C23H18O. The minimum atomic E-state index is 0.116. The van der Waals surface area contributed by atoms with Gasteiger partial charge in [0.15, 0.2) is 5.78 Å². The Labute approximate surface area is 142 Å². The summed E-state index contributed by atoms with van der Waals surface area (Å²) in [5.41, 5.74) is 8.16. The Kier molecular flexibility index (Phi) is 3.42. The molecule has 1 aliphatic rings. The van der Waals surface area contributed by atoms with E-state index in [2.05, 4.69) is 50.2 Å². The highest BCUT2D eigenvalue weighted by Gasteiger charge is 2.30. The summed E-state index contributed by atoms with van der Waals surface area (Å²) in [4.78, 5) is 13.1. The van der Waals surface area contributed by atoms with E-state index in [1.807, 2.05) is 36.4 Å². The molecule has 0 amide bonds. The van der Waals surface area contributed by atoms with Crippen molar-refractivity contribution < 1.29 is 4.79 Å². The Morgan fingerprint density at radius 3 is 1.54 bits per heavy atom. The number of allylic oxidation sites excluding steroid dienone is 1. The number of hydrogen-bond acceptors (Lipinski definition) is 1. The minimum absolute atomic E-state index is 0.116. The second kappa shape index (κ2) is 5.61. The first-order valence-electron chi connectivity index (χ1n) is 8.17. The van der Waals surface area contributed by atoms with Crippen LogP contribution in [0.2, 0.25) is 0 Å². The summed E-state index contributed by atoms with van der Waals surface area (Å²) in [7, 11) is 0. The molecule has 0 bridgehead atoms. The summed E-state index contributed by atoms with van der Waals surface area (Å²) in [6, 6.07) is 24.5. The molecule has 0 spiro atoms. The Hall–Kier alpha value is -2.93. The fourth-order valence-corrected chi connectivity index (χ4v) is 3.30. The van der Waals surface area contributed by atoms with Gasteiger partial charge in [-0.05, 0) is 30.5 Å². The predicted molar refractivity (Wildman–Crippen MR) is 99.0 cm³/mol. The van der Waals surface area contributed by atoms with Crippen molar-refractivity contribution in [1.29, 1.82) is 0 Å². The molecule has 3 aromatic carbocycles. The summed E-state index contributed by atoms with van der Waals surface area (Å²) >= 11 is 0. The average Bonchev–Trinajstić information content (AvgIpc) is 2.90. The van der Waals surface area contributed by atoms with Crippen LogP contribution in [0.4, 0.5) is 0 Å². The largest absolute Gasteiger partial charge is 0.289 e. The van der Waals surface area contributed by atoms with Crippen molar-refractivity contribution in [2.75, 3.05) is 0 Å². The second-order valence-corrected chi connectivity index (χ2v) is 6.36. The lowest BCUT2D eigenvalue weighted by Crippen LogP contribution is -1.98. The normalized spacial score (nSPS) is 13.3. The first kappa shape index (κ1) is 14.6. The molecule has 0 radical (unpaired) electrons. The van der Waals surface area contributed by atoms with E-state index in [-0.39, 0.29) is 5.78 Å². The van der Waals surface area contributed by atoms with E-state index in [0.717, 1.165) is 33.4 Å². The molecule has 0 heterocycles. The average molecular weight is 310 g/mol. The van der Waals surface area contributed by atoms with Crippen LogP contribution in [-0.4, -0.2) is 5.78 Å². The van der Waals surface area contributed by atoms with Gasteiger partial charge < -0.3 is 0 Å². The fourth-order valence-electron chi connectivity index (χ4n) is 3.30. The number of ketones is 1. The predicted octanol–water partition coefficient (Wildman–Crippen LogP) is 5.46. The van der Waals surface area contributed by atoms with Crippen molar-refractivity contribution in [2.24, 2.45) is 0 Å². The lowest BCUT2D eigenvalue weighted by molar-refractivity contribution is 0.105. The van der Waals surface area contributed by atoms with Gasteiger partial charge in [-0.1, -0.05) is 83.9 Å². The van der Waals surface area contributed by atoms with Gasteiger partial charge in [-0.3, -0.25) is 4.79 Å². The van der Waals surface area contributed by atoms with Crippen LogP contribution in [0.15, 0.2) is 72.8 Å².